The molecule has 0 saturated carbocycles. The molecule has 0 bridgehead atoms. The zero-order chi connectivity index (χ0) is 17.4. The molecule has 0 spiro atoms. The van der Waals surface area contributed by atoms with E-state index in [1.165, 1.54) is 0 Å². The number of halogens is 1. The lowest BCUT2D eigenvalue weighted by Crippen LogP contribution is -2.42. The van der Waals surface area contributed by atoms with Crippen LogP contribution in [0.1, 0.15) is 43.9 Å². The van der Waals surface area contributed by atoms with Gasteiger partial charge < -0.3 is 10.6 Å². The minimum atomic E-state index is -0.438. The fourth-order valence-corrected chi connectivity index (χ4v) is 3.19. The summed E-state index contributed by atoms with van der Waals surface area (Å²) in [6, 6.07) is 4.09. The predicted molar refractivity (Wildman–Crippen MR) is 100 cm³/mol. The normalized spacial score (nSPS) is 11.7. The van der Waals surface area contributed by atoms with Crippen molar-refractivity contribution in [3.8, 4) is 0 Å². The van der Waals surface area contributed by atoms with E-state index in [2.05, 4.69) is 26.6 Å². The van der Waals surface area contributed by atoms with Gasteiger partial charge >= 0.3 is 0 Å². The fraction of sp³-hybridized carbons (Fsp3) is 0.444. The maximum atomic E-state index is 11.9. The lowest BCUT2D eigenvalue weighted by atomic mass is 9.99. The van der Waals surface area contributed by atoms with Crippen molar-refractivity contribution >= 4 is 27.3 Å². The molecule has 0 heterocycles. The molecule has 2 aromatic rings. The summed E-state index contributed by atoms with van der Waals surface area (Å²) in [5.74, 6) is 0. The van der Waals surface area contributed by atoms with E-state index in [9.17, 15) is 9.59 Å². The second-order valence-electron chi connectivity index (χ2n) is 6.64. The van der Waals surface area contributed by atoms with Gasteiger partial charge in [0.05, 0.1) is 0 Å². The molecule has 4 nitrogen and oxygen atoms in total. The smallest absolute Gasteiger partial charge is 0.253 e. The lowest BCUT2D eigenvalue weighted by molar-refractivity contribution is 0.546. The monoisotopic (exact) mass is 378 g/mol. The van der Waals surface area contributed by atoms with Crippen LogP contribution in [0.4, 0.5) is 11.4 Å². The Morgan fingerprint density at radius 3 is 2.09 bits per heavy atom. The molecule has 124 valence electrons. The third-order valence-corrected chi connectivity index (χ3v) is 4.82. The van der Waals surface area contributed by atoms with Crippen molar-refractivity contribution in [2.24, 2.45) is 0 Å². The molecule has 0 fully saturated rings. The molecule has 2 aromatic carbocycles. The van der Waals surface area contributed by atoms with Crippen LogP contribution in [0.25, 0.3) is 0 Å². The first kappa shape index (κ1) is 17.7. The van der Waals surface area contributed by atoms with Gasteiger partial charge in [0.25, 0.3) is 10.9 Å². The first-order valence-electron chi connectivity index (χ1n) is 7.77. The van der Waals surface area contributed by atoms with Crippen LogP contribution in [0, 0.1) is 13.8 Å². The molecule has 2 rings (SSSR count). The van der Waals surface area contributed by atoms with Gasteiger partial charge in [-0.15, -0.1) is 0 Å². The molecule has 0 saturated heterocycles. The molecule has 0 aliphatic rings. The first-order chi connectivity index (χ1) is 10.7. The number of aryl methyl sites for hydroxylation is 2. The highest BCUT2D eigenvalue weighted by molar-refractivity contribution is 9.10. The van der Waals surface area contributed by atoms with Crippen LogP contribution in [-0.4, -0.2) is 5.54 Å². The summed E-state index contributed by atoms with van der Waals surface area (Å²) in [6.45, 7) is 10.7. The summed E-state index contributed by atoms with van der Waals surface area (Å²) >= 11 is 3.48. The minimum absolute atomic E-state index is 0.220. The Kier molecular flexibility index (Phi) is 4.99. The van der Waals surface area contributed by atoms with Crippen LogP contribution < -0.4 is 21.5 Å². The molecule has 2 N–H and O–H groups in total. The Morgan fingerprint density at radius 1 is 1.04 bits per heavy atom. The minimum Gasteiger partial charge on any atom is -0.376 e. The summed E-state index contributed by atoms with van der Waals surface area (Å²) in [5, 5.41) is 6.33. The van der Waals surface area contributed by atoms with Gasteiger partial charge in [-0.3, -0.25) is 9.59 Å². The summed E-state index contributed by atoms with van der Waals surface area (Å²) < 4.78 is 1.04. The van der Waals surface area contributed by atoms with Gasteiger partial charge in [0.2, 0.25) is 0 Å². The van der Waals surface area contributed by atoms with Crippen LogP contribution in [0.2, 0.25) is 0 Å². The van der Waals surface area contributed by atoms with Crippen molar-refractivity contribution in [1.82, 2.24) is 0 Å². The van der Waals surface area contributed by atoms with Gasteiger partial charge in [-0.05, 0) is 62.9 Å². The van der Waals surface area contributed by atoms with Gasteiger partial charge in [-0.1, -0.05) is 22.9 Å². The molecule has 0 amide bonds. The Morgan fingerprint density at radius 2 is 1.57 bits per heavy atom. The third kappa shape index (κ3) is 3.66. The molecule has 5 heteroatoms. The average molecular weight is 379 g/mol. The molecular formula is C18H23BrN2O2. The van der Waals surface area contributed by atoms with E-state index in [1.54, 1.807) is 0 Å². The number of hydrogen-bond acceptors (Lipinski definition) is 4. The van der Waals surface area contributed by atoms with Crippen molar-refractivity contribution in [3.63, 3.8) is 0 Å². The zero-order valence-electron chi connectivity index (χ0n) is 14.3. The van der Waals surface area contributed by atoms with E-state index in [1.807, 2.05) is 46.8 Å². The Bertz CT molecular complexity index is 779. The Hall–Kier alpha value is -1.62. The summed E-state index contributed by atoms with van der Waals surface area (Å²) in [7, 11) is 0. The van der Waals surface area contributed by atoms with Crippen LogP contribution in [-0.2, 0) is 6.54 Å². The van der Waals surface area contributed by atoms with Gasteiger partial charge in [-0.2, -0.15) is 0 Å². The molecule has 23 heavy (non-hydrogen) atoms. The highest BCUT2D eigenvalue weighted by Crippen LogP contribution is 2.24. The quantitative estimate of drug-likeness (QED) is 0.748. The molecule has 0 aromatic heterocycles. The van der Waals surface area contributed by atoms with Gasteiger partial charge in [0, 0.05) is 16.6 Å². The van der Waals surface area contributed by atoms with E-state index >= 15 is 0 Å². The first-order valence-corrected chi connectivity index (χ1v) is 8.56. The number of hydrogen-bond donors (Lipinski definition) is 2. The summed E-state index contributed by atoms with van der Waals surface area (Å²) in [4.78, 5) is 23.7. The maximum absolute atomic E-state index is 11.9. The van der Waals surface area contributed by atoms with E-state index in [0.717, 1.165) is 27.6 Å². The van der Waals surface area contributed by atoms with Gasteiger partial charge in [-0.25, -0.2) is 0 Å². The van der Waals surface area contributed by atoms with E-state index < -0.39 is 10.9 Å². The topological polar surface area (TPSA) is 58.2 Å². The SMILES string of the molecule is CCC(C)(C)Nc1c(NCc2c(C)cc(Br)cc2C)c(=O)c1=O. The van der Waals surface area contributed by atoms with Crippen LogP contribution in [0.3, 0.4) is 0 Å². The second kappa shape index (κ2) is 6.48. The molecule has 0 aliphatic carbocycles. The summed E-state index contributed by atoms with van der Waals surface area (Å²) in [5.41, 5.74) is 3.15. The van der Waals surface area contributed by atoms with E-state index in [0.29, 0.717) is 17.9 Å². The molecule has 0 radical (unpaired) electrons. The lowest BCUT2D eigenvalue weighted by Gasteiger charge is -2.28. The Balaban J connectivity index is 2.22. The van der Waals surface area contributed by atoms with Crippen LogP contribution in [0.15, 0.2) is 26.2 Å². The number of rotatable bonds is 6. The van der Waals surface area contributed by atoms with Crippen molar-refractivity contribution < 1.29 is 0 Å². The van der Waals surface area contributed by atoms with E-state index in [-0.39, 0.29) is 5.54 Å². The molecule has 0 unspecified atom stereocenters. The maximum Gasteiger partial charge on any atom is 0.253 e. The highest BCUT2D eigenvalue weighted by Gasteiger charge is 2.26. The number of nitrogens with one attached hydrogen (secondary N) is 2. The van der Waals surface area contributed by atoms with E-state index in [4.69, 9.17) is 0 Å². The van der Waals surface area contributed by atoms with Crippen molar-refractivity contribution in [2.45, 2.75) is 53.1 Å². The third-order valence-electron chi connectivity index (χ3n) is 4.36. The van der Waals surface area contributed by atoms with Crippen molar-refractivity contribution in [1.29, 1.82) is 0 Å². The highest BCUT2D eigenvalue weighted by atomic mass is 79.9. The number of benzene rings is 1. The van der Waals surface area contributed by atoms with Crippen LogP contribution >= 0.6 is 15.9 Å². The average Bonchev–Trinajstić information content (AvgIpc) is 2.47. The molecule has 0 atom stereocenters. The van der Waals surface area contributed by atoms with Crippen LogP contribution in [0.5, 0.6) is 0 Å². The number of anilines is 2. The largest absolute Gasteiger partial charge is 0.376 e. The van der Waals surface area contributed by atoms with Gasteiger partial charge in [0.15, 0.2) is 0 Å². The molecule has 0 aliphatic heterocycles. The summed E-state index contributed by atoms with van der Waals surface area (Å²) in [6.07, 6.45) is 0.857. The molecular weight excluding hydrogens is 356 g/mol. The standard InChI is InChI=1S/C18H23BrN2O2/c1-6-18(4,5)21-15-14(16(22)17(15)23)20-9-13-10(2)7-12(19)8-11(13)3/h7-8,20-21H,6,9H2,1-5H3. The Labute approximate surface area is 145 Å². The van der Waals surface area contributed by atoms with Crippen molar-refractivity contribution in [3.05, 3.63) is 53.7 Å². The van der Waals surface area contributed by atoms with Gasteiger partial charge in [0.1, 0.15) is 11.4 Å². The zero-order valence-corrected chi connectivity index (χ0v) is 15.8. The fourth-order valence-electron chi connectivity index (χ4n) is 2.50. The second-order valence-corrected chi connectivity index (χ2v) is 7.56. The van der Waals surface area contributed by atoms with Crippen molar-refractivity contribution in [2.75, 3.05) is 10.6 Å². The predicted octanol–water partition coefficient (Wildman–Crippen LogP) is 3.87.